The minimum absolute atomic E-state index is 0.209. The quantitative estimate of drug-likeness (QED) is 0.616. The standard InChI is InChI=1S/C15H18N2O3/c1-17-19-10-14(9-16)20-15(18)13-7-6-11-4-2-3-5-12(11)8-13/h2-8,14,17H,9-10,16H2,1H3. The van der Waals surface area contributed by atoms with Crippen molar-refractivity contribution >= 4 is 16.7 Å². The number of nitrogens with two attached hydrogens (primary N) is 1. The van der Waals surface area contributed by atoms with Gasteiger partial charge in [0.25, 0.3) is 0 Å². The van der Waals surface area contributed by atoms with Crippen LogP contribution in [-0.4, -0.2) is 32.3 Å². The number of ether oxygens (including phenoxy) is 1. The minimum Gasteiger partial charge on any atom is -0.455 e. The molecule has 1 unspecified atom stereocenters. The van der Waals surface area contributed by atoms with Gasteiger partial charge in [0.2, 0.25) is 0 Å². The van der Waals surface area contributed by atoms with E-state index < -0.39 is 12.1 Å². The van der Waals surface area contributed by atoms with Gasteiger partial charge in [0.1, 0.15) is 12.7 Å². The maximum absolute atomic E-state index is 12.1. The highest BCUT2D eigenvalue weighted by Gasteiger charge is 2.15. The second-order valence-electron chi connectivity index (χ2n) is 4.34. The average molecular weight is 274 g/mol. The van der Waals surface area contributed by atoms with Crippen LogP contribution in [0.25, 0.3) is 10.8 Å². The summed E-state index contributed by atoms with van der Waals surface area (Å²) in [7, 11) is 1.64. The largest absolute Gasteiger partial charge is 0.455 e. The molecule has 0 aliphatic carbocycles. The van der Waals surface area contributed by atoms with E-state index >= 15 is 0 Å². The first-order valence-electron chi connectivity index (χ1n) is 6.43. The van der Waals surface area contributed by atoms with E-state index in [1.807, 2.05) is 36.4 Å². The van der Waals surface area contributed by atoms with Crippen molar-refractivity contribution in [3.63, 3.8) is 0 Å². The highest BCUT2D eigenvalue weighted by molar-refractivity contribution is 5.95. The molecule has 0 saturated carbocycles. The van der Waals surface area contributed by atoms with E-state index in [1.54, 1.807) is 13.1 Å². The highest BCUT2D eigenvalue weighted by Crippen LogP contribution is 2.16. The van der Waals surface area contributed by atoms with Crippen molar-refractivity contribution in [3.05, 3.63) is 48.0 Å². The molecule has 0 amide bonds. The molecule has 2 rings (SSSR count). The summed E-state index contributed by atoms with van der Waals surface area (Å²) >= 11 is 0. The summed E-state index contributed by atoms with van der Waals surface area (Å²) in [6.07, 6.45) is -0.471. The number of benzene rings is 2. The minimum atomic E-state index is -0.471. The molecule has 2 aromatic carbocycles. The van der Waals surface area contributed by atoms with Crippen molar-refractivity contribution < 1.29 is 14.4 Å². The van der Waals surface area contributed by atoms with Crippen molar-refractivity contribution in [1.29, 1.82) is 0 Å². The van der Waals surface area contributed by atoms with E-state index in [9.17, 15) is 4.79 Å². The summed E-state index contributed by atoms with van der Waals surface area (Å²) in [5.41, 5.74) is 8.57. The van der Waals surface area contributed by atoms with Gasteiger partial charge >= 0.3 is 5.97 Å². The molecule has 0 heterocycles. The molecule has 0 fully saturated rings. The molecule has 3 N–H and O–H groups in total. The second-order valence-corrected chi connectivity index (χ2v) is 4.34. The smallest absolute Gasteiger partial charge is 0.338 e. The Kier molecular flexibility index (Phi) is 5.06. The first-order valence-corrected chi connectivity index (χ1v) is 6.43. The molecule has 5 heteroatoms. The molecule has 0 bridgehead atoms. The number of carbonyl (C=O) groups is 1. The molecule has 0 radical (unpaired) electrons. The zero-order valence-corrected chi connectivity index (χ0v) is 11.3. The second kappa shape index (κ2) is 7.00. The lowest BCUT2D eigenvalue weighted by Gasteiger charge is -2.15. The van der Waals surface area contributed by atoms with Crippen molar-refractivity contribution in [2.75, 3.05) is 20.2 Å². The molecule has 20 heavy (non-hydrogen) atoms. The van der Waals surface area contributed by atoms with Crippen LogP contribution in [0.1, 0.15) is 10.4 Å². The van der Waals surface area contributed by atoms with Gasteiger partial charge in [-0.3, -0.25) is 4.84 Å². The van der Waals surface area contributed by atoms with Gasteiger partial charge in [0.15, 0.2) is 0 Å². The number of esters is 1. The van der Waals surface area contributed by atoms with Gasteiger partial charge in [0.05, 0.1) is 5.56 Å². The number of nitrogens with one attached hydrogen (secondary N) is 1. The molecule has 0 aliphatic heterocycles. The number of hydroxylamine groups is 1. The number of rotatable bonds is 6. The lowest BCUT2D eigenvalue weighted by molar-refractivity contribution is -0.0259. The Morgan fingerprint density at radius 2 is 2.00 bits per heavy atom. The molecular weight excluding hydrogens is 256 g/mol. The number of hydrogen-bond acceptors (Lipinski definition) is 5. The lowest BCUT2D eigenvalue weighted by atomic mass is 10.1. The SMILES string of the molecule is CNOCC(CN)OC(=O)c1ccc2ccccc2c1. The van der Waals surface area contributed by atoms with Gasteiger partial charge in [-0.1, -0.05) is 30.3 Å². The van der Waals surface area contributed by atoms with Crippen LogP contribution in [0.3, 0.4) is 0 Å². The molecule has 106 valence electrons. The number of carbonyl (C=O) groups excluding carboxylic acids is 1. The molecule has 0 spiro atoms. The summed E-state index contributed by atoms with van der Waals surface area (Å²) in [4.78, 5) is 17.1. The summed E-state index contributed by atoms with van der Waals surface area (Å²) < 4.78 is 5.31. The molecule has 1 atom stereocenters. The number of hydrogen-bond donors (Lipinski definition) is 2. The van der Waals surface area contributed by atoms with Gasteiger partial charge in [0, 0.05) is 13.6 Å². The normalized spacial score (nSPS) is 12.3. The summed E-state index contributed by atoms with van der Waals surface area (Å²) in [6, 6.07) is 13.3. The Hall–Kier alpha value is -1.95. The van der Waals surface area contributed by atoms with Crippen LogP contribution in [0.5, 0.6) is 0 Å². The van der Waals surface area contributed by atoms with Gasteiger partial charge in [-0.05, 0) is 22.9 Å². The van der Waals surface area contributed by atoms with Gasteiger partial charge in [-0.15, -0.1) is 0 Å². The van der Waals surface area contributed by atoms with E-state index in [1.165, 1.54) is 0 Å². The Balaban J connectivity index is 2.10. The van der Waals surface area contributed by atoms with Crippen LogP contribution < -0.4 is 11.2 Å². The van der Waals surface area contributed by atoms with Crippen molar-refractivity contribution in [1.82, 2.24) is 5.48 Å². The van der Waals surface area contributed by atoms with Crippen LogP contribution in [0.2, 0.25) is 0 Å². The zero-order chi connectivity index (χ0) is 14.4. The third kappa shape index (κ3) is 3.54. The van der Waals surface area contributed by atoms with Crippen molar-refractivity contribution in [2.45, 2.75) is 6.10 Å². The molecule has 0 aromatic heterocycles. The first-order chi connectivity index (χ1) is 9.74. The fourth-order valence-electron chi connectivity index (χ4n) is 1.86. The Bertz CT molecular complexity index is 586. The predicted molar refractivity (Wildman–Crippen MR) is 77.2 cm³/mol. The van der Waals surface area contributed by atoms with E-state index in [4.69, 9.17) is 15.3 Å². The van der Waals surface area contributed by atoms with Crippen LogP contribution >= 0.6 is 0 Å². The Morgan fingerprint density at radius 1 is 1.25 bits per heavy atom. The monoisotopic (exact) mass is 274 g/mol. The van der Waals surface area contributed by atoms with Gasteiger partial charge < -0.3 is 10.5 Å². The lowest BCUT2D eigenvalue weighted by Crippen LogP contribution is -2.33. The Morgan fingerprint density at radius 3 is 2.70 bits per heavy atom. The summed E-state index contributed by atoms with van der Waals surface area (Å²) in [6.45, 7) is 0.424. The molecule has 5 nitrogen and oxygen atoms in total. The molecule has 2 aromatic rings. The van der Waals surface area contributed by atoms with E-state index in [0.717, 1.165) is 10.8 Å². The van der Waals surface area contributed by atoms with E-state index in [2.05, 4.69) is 5.48 Å². The maximum Gasteiger partial charge on any atom is 0.338 e. The third-order valence-corrected chi connectivity index (χ3v) is 2.94. The third-order valence-electron chi connectivity index (χ3n) is 2.94. The molecular formula is C15H18N2O3. The summed E-state index contributed by atoms with van der Waals surface area (Å²) in [5.74, 6) is -0.397. The fourth-order valence-corrected chi connectivity index (χ4v) is 1.86. The number of fused-ring (bicyclic) bond motifs is 1. The maximum atomic E-state index is 12.1. The van der Waals surface area contributed by atoms with Crippen LogP contribution in [0.4, 0.5) is 0 Å². The first kappa shape index (κ1) is 14.5. The van der Waals surface area contributed by atoms with Crippen molar-refractivity contribution in [2.24, 2.45) is 5.73 Å². The van der Waals surface area contributed by atoms with Crippen LogP contribution in [0.15, 0.2) is 42.5 Å². The van der Waals surface area contributed by atoms with Gasteiger partial charge in [-0.25, -0.2) is 10.3 Å². The summed E-state index contributed by atoms with van der Waals surface area (Å²) in [5, 5.41) is 2.08. The predicted octanol–water partition coefficient (Wildman–Crippen LogP) is 1.47. The molecule has 0 aliphatic rings. The van der Waals surface area contributed by atoms with Crippen molar-refractivity contribution in [3.8, 4) is 0 Å². The topological polar surface area (TPSA) is 73.6 Å². The highest BCUT2D eigenvalue weighted by atomic mass is 16.7. The average Bonchev–Trinajstić information content (AvgIpc) is 2.50. The fraction of sp³-hybridized carbons (Fsp3) is 0.267. The van der Waals surface area contributed by atoms with Crippen LogP contribution in [0, 0.1) is 0 Å². The zero-order valence-electron chi connectivity index (χ0n) is 11.3. The van der Waals surface area contributed by atoms with Gasteiger partial charge in [-0.2, -0.15) is 0 Å². The van der Waals surface area contributed by atoms with Crippen LogP contribution in [-0.2, 0) is 9.57 Å². The Labute approximate surface area is 117 Å². The van der Waals surface area contributed by atoms with E-state index in [0.29, 0.717) is 5.56 Å². The molecule has 0 saturated heterocycles. The van der Waals surface area contributed by atoms with E-state index in [-0.39, 0.29) is 13.2 Å².